The molecule has 0 aliphatic rings. The number of nitrogens with zero attached hydrogens (tertiary/aromatic N) is 2. The monoisotopic (exact) mass is 358 g/mol. The van der Waals surface area contributed by atoms with E-state index in [-0.39, 0.29) is 5.91 Å². The number of ether oxygens (including phenoxy) is 1. The van der Waals surface area contributed by atoms with Crippen LogP contribution in [0.3, 0.4) is 0 Å². The Hall–Kier alpha value is -3.67. The van der Waals surface area contributed by atoms with Gasteiger partial charge in [-0.2, -0.15) is 0 Å². The molecule has 0 aliphatic heterocycles. The quantitative estimate of drug-likeness (QED) is 0.572. The number of para-hydroxylation sites is 2. The summed E-state index contributed by atoms with van der Waals surface area (Å²) in [7, 11) is 1.63. The van der Waals surface area contributed by atoms with Crippen LogP contribution in [0.25, 0.3) is 22.2 Å². The van der Waals surface area contributed by atoms with Gasteiger partial charge in [0.05, 0.1) is 30.3 Å². The Balaban J connectivity index is 1.48. The number of carbonyl (C=O) groups excluding carboxylic acids is 1. The minimum absolute atomic E-state index is 0.196. The minimum atomic E-state index is -0.196. The Morgan fingerprint density at radius 2 is 1.89 bits per heavy atom. The highest BCUT2D eigenvalue weighted by atomic mass is 16.5. The van der Waals surface area contributed by atoms with Crippen molar-refractivity contribution < 1.29 is 9.53 Å². The molecule has 6 heteroatoms. The fourth-order valence-corrected chi connectivity index (χ4v) is 2.86. The van der Waals surface area contributed by atoms with Crippen molar-refractivity contribution in [1.29, 1.82) is 0 Å². The zero-order valence-corrected chi connectivity index (χ0v) is 14.8. The Bertz CT molecular complexity index is 1050. The number of aromatic amines is 1. The van der Waals surface area contributed by atoms with Crippen LogP contribution in [0.2, 0.25) is 0 Å². The number of carbonyl (C=O) groups is 1. The lowest BCUT2D eigenvalue weighted by Gasteiger charge is -2.07. The van der Waals surface area contributed by atoms with Gasteiger partial charge in [-0.3, -0.25) is 9.78 Å². The summed E-state index contributed by atoms with van der Waals surface area (Å²) in [5.74, 6) is 1.30. The van der Waals surface area contributed by atoms with Gasteiger partial charge in [-0.1, -0.05) is 24.3 Å². The van der Waals surface area contributed by atoms with E-state index in [2.05, 4.69) is 20.3 Å². The lowest BCUT2D eigenvalue weighted by molar-refractivity contribution is 0.0949. The van der Waals surface area contributed by atoms with Crippen molar-refractivity contribution in [3.05, 3.63) is 78.4 Å². The van der Waals surface area contributed by atoms with Crippen molar-refractivity contribution in [3.63, 3.8) is 0 Å². The predicted molar refractivity (Wildman–Crippen MR) is 103 cm³/mol. The van der Waals surface area contributed by atoms with Crippen LogP contribution in [0.5, 0.6) is 5.75 Å². The summed E-state index contributed by atoms with van der Waals surface area (Å²) in [5.41, 5.74) is 4.17. The van der Waals surface area contributed by atoms with Crippen molar-refractivity contribution in [2.24, 2.45) is 0 Å². The Morgan fingerprint density at radius 1 is 1.07 bits per heavy atom. The van der Waals surface area contributed by atoms with Crippen LogP contribution < -0.4 is 10.1 Å². The SMILES string of the molecule is COc1ccc(-c2cncc(C(=O)NCc3nc4ccccc4[nH]3)c2)cc1. The number of benzene rings is 2. The molecule has 27 heavy (non-hydrogen) atoms. The molecule has 4 aromatic rings. The third-order valence-corrected chi connectivity index (χ3v) is 4.28. The first-order valence-electron chi connectivity index (χ1n) is 8.54. The van der Waals surface area contributed by atoms with E-state index in [0.717, 1.165) is 27.9 Å². The Labute approximate surface area is 156 Å². The fourth-order valence-electron chi connectivity index (χ4n) is 2.86. The highest BCUT2D eigenvalue weighted by Gasteiger charge is 2.09. The number of pyridine rings is 1. The average molecular weight is 358 g/mol. The molecule has 0 bridgehead atoms. The molecule has 6 nitrogen and oxygen atoms in total. The standard InChI is InChI=1S/C21H18N4O2/c1-27-17-8-6-14(7-9-17)15-10-16(12-22-11-15)21(26)23-13-20-24-18-4-2-3-5-19(18)25-20/h2-12H,13H2,1H3,(H,23,26)(H,24,25). The molecular weight excluding hydrogens is 340 g/mol. The van der Waals surface area contributed by atoms with E-state index < -0.39 is 0 Å². The van der Waals surface area contributed by atoms with Gasteiger partial charge < -0.3 is 15.0 Å². The second kappa shape index (κ2) is 7.29. The van der Waals surface area contributed by atoms with Crippen LogP contribution >= 0.6 is 0 Å². The molecule has 0 atom stereocenters. The van der Waals surface area contributed by atoms with Crippen LogP contribution in [-0.4, -0.2) is 28.0 Å². The van der Waals surface area contributed by atoms with E-state index >= 15 is 0 Å². The maximum atomic E-state index is 12.5. The summed E-state index contributed by atoms with van der Waals surface area (Å²) in [4.78, 5) is 24.4. The van der Waals surface area contributed by atoms with E-state index in [1.165, 1.54) is 0 Å². The highest BCUT2D eigenvalue weighted by molar-refractivity contribution is 5.95. The molecule has 2 aromatic heterocycles. The third kappa shape index (κ3) is 3.64. The summed E-state index contributed by atoms with van der Waals surface area (Å²) < 4.78 is 5.17. The van der Waals surface area contributed by atoms with E-state index in [1.54, 1.807) is 19.5 Å². The van der Waals surface area contributed by atoms with Crippen LogP contribution in [0.1, 0.15) is 16.2 Å². The Morgan fingerprint density at radius 3 is 2.67 bits per heavy atom. The molecule has 0 saturated carbocycles. The fraction of sp³-hybridized carbons (Fsp3) is 0.0952. The minimum Gasteiger partial charge on any atom is -0.497 e. The van der Waals surface area contributed by atoms with Crippen molar-refractivity contribution in [3.8, 4) is 16.9 Å². The van der Waals surface area contributed by atoms with Gasteiger partial charge in [0.2, 0.25) is 0 Å². The van der Waals surface area contributed by atoms with Gasteiger partial charge in [-0.05, 0) is 35.9 Å². The number of nitrogens with one attached hydrogen (secondary N) is 2. The predicted octanol–water partition coefficient (Wildman–Crippen LogP) is 3.56. The number of hydrogen-bond acceptors (Lipinski definition) is 4. The summed E-state index contributed by atoms with van der Waals surface area (Å²) in [6.07, 6.45) is 3.29. The van der Waals surface area contributed by atoms with Crippen molar-refractivity contribution in [2.45, 2.75) is 6.54 Å². The van der Waals surface area contributed by atoms with Crippen molar-refractivity contribution >= 4 is 16.9 Å². The van der Waals surface area contributed by atoms with Gasteiger partial charge >= 0.3 is 0 Å². The smallest absolute Gasteiger partial charge is 0.253 e. The van der Waals surface area contributed by atoms with E-state index in [9.17, 15) is 4.79 Å². The molecule has 134 valence electrons. The van der Waals surface area contributed by atoms with Crippen LogP contribution in [0, 0.1) is 0 Å². The summed E-state index contributed by atoms with van der Waals surface area (Å²) >= 11 is 0. The number of methoxy groups -OCH3 is 1. The maximum absolute atomic E-state index is 12.5. The first kappa shape index (κ1) is 16.8. The summed E-state index contributed by atoms with van der Waals surface area (Å²) in [6.45, 7) is 0.320. The van der Waals surface area contributed by atoms with Gasteiger partial charge in [0.15, 0.2) is 0 Å². The van der Waals surface area contributed by atoms with Gasteiger partial charge in [0, 0.05) is 18.0 Å². The molecule has 1 amide bonds. The summed E-state index contributed by atoms with van der Waals surface area (Å²) in [6, 6.07) is 17.2. The highest BCUT2D eigenvalue weighted by Crippen LogP contribution is 2.22. The molecule has 4 rings (SSSR count). The Kier molecular flexibility index (Phi) is 4.53. The number of fused-ring (bicyclic) bond motifs is 1. The number of rotatable bonds is 5. The van der Waals surface area contributed by atoms with Gasteiger partial charge in [0.25, 0.3) is 5.91 Å². The van der Waals surface area contributed by atoms with Crippen molar-refractivity contribution in [1.82, 2.24) is 20.3 Å². The number of hydrogen-bond donors (Lipinski definition) is 2. The second-order valence-electron chi connectivity index (χ2n) is 6.07. The second-order valence-corrected chi connectivity index (χ2v) is 6.07. The summed E-state index contributed by atoms with van der Waals surface area (Å²) in [5, 5.41) is 2.88. The molecular formula is C21H18N4O2. The molecule has 2 N–H and O–H groups in total. The van der Waals surface area contributed by atoms with E-state index in [1.807, 2.05) is 54.6 Å². The molecule has 0 fully saturated rings. The molecule has 2 heterocycles. The number of aromatic nitrogens is 3. The third-order valence-electron chi connectivity index (χ3n) is 4.28. The van der Waals surface area contributed by atoms with Crippen LogP contribution in [-0.2, 0) is 6.54 Å². The van der Waals surface area contributed by atoms with Gasteiger partial charge in [-0.25, -0.2) is 4.98 Å². The number of amides is 1. The normalized spacial score (nSPS) is 10.7. The zero-order chi connectivity index (χ0) is 18.6. The van der Waals surface area contributed by atoms with E-state index in [4.69, 9.17) is 4.74 Å². The van der Waals surface area contributed by atoms with Crippen molar-refractivity contribution in [2.75, 3.05) is 7.11 Å². The first-order chi connectivity index (χ1) is 13.2. The zero-order valence-electron chi connectivity index (χ0n) is 14.8. The maximum Gasteiger partial charge on any atom is 0.253 e. The van der Waals surface area contributed by atoms with Crippen LogP contribution in [0.4, 0.5) is 0 Å². The number of H-pyrrole nitrogens is 1. The van der Waals surface area contributed by atoms with E-state index in [0.29, 0.717) is 17.9 Å². The molecule has 0 unspecified atom stereocenters. The molecule has 0 spiro atoms. The lowest BCUT2D eigenvalue weighted by Crippen LogP contribution is -2.23. The average Bonchev–Trinajstić information content (AvgIpc) is 3.15. The molecule has 2 aromatic carbocycles. The van der Waals surface area contributed by atoms with Gasteiger partial charge in [-0.15, -0.1) is 0 Å². The molecule has 0 aliphatic carbocycles. The number of imidazole rings is 1. The van der Waals surface area contributed by atoms with Crippen LogP contribution in [0.15, 0.2) is 67.0 Å². The van der Waals surface area contributed by atoms with Gasteiger partial charge in [0.1, 0.15) is 11.6 Å². The molecule has 0 radical (unpaired) electrons. The molecule has 0 saturated heterocycles. The topological polar surface area (TPSA) is 79.9 Å². The first-order valence-corrected chi connectivity index (χ1v) is 8.54. The largest absolute Gasteiger partial charge is 0.497 e. The lowest BCUT2D eigenvalue weighted by atomic mass is 10.1.